The monoisotopic (exact) mass is 861 g/mol. The highest BCUT2D eigenvalue weighted by Crippen LogP contribution is 2.55. The second kappa shape index (κ2) is 16.4. The molecule has 3 nitrogen and oxygen atoms in total. The van der Waals surface area contributed by atoms with Crippen molar-refractivity contribution in [2.24, 2.45) is 0 Å². The predicted molar refractivity (Wildman–Crippen MR) is 287 cm³/mol. The normalized spacial score (nSPS) is 12.7. The van der Waals surface area contributed by atoms with Crippen LogP contribution in [-0.4, -0.2) is 0 Å². The molecule has 0 saturated carbocycles. The minimum absolute atomic E-state index is 0.348. The van der Waals surface area contributed by atoms with Crippen molar-refractivity contribution in [1.29, 1.82) is 0 Å². The van der Waals surface area contributed by atoms with E-state index in [0.717, 1.165) is 62.3 Å². The molecule has 0 amide bonds. The number of fused-ring (bicyclic) bond motifs is 8. The molecule has 0 atom stereocenters. The number of hydrogen-bond donors (Lipinski definition) is 0. The number of hydrogen-bond acceptors (Lipinski definition) is 3. The first kappa shape index (κ1) is 40.4. The van der Waals surface area contributed by atoms with Gasteiger partial charge in [0.2, 0.25) is 0 Å². The minimum Gasteiger partial charge on any atom is -0.310 e. The Morgan fingerprint density at radius 1 is 0.269 bits per heavy atom. The highest BCUT2D eigenvalue weighted by molar-refractivity contribution is 6.30. The van der Waals surface area contributed by atoms with E-state index in [0.29, 0.717) is 11.8 Å². The van der Waals surface area contributed by atoms with Crippen molar-refractivity contribution < 1.29 is 0 Å². The number of nitrogens with zero attached hydrogens (tertiary/aromatic N) is 3. The van der Waals surface area contributed by atoms with Gasteiger partial charge in [-0.3, -0.25) is 0 Å². The predicted octanol–water partition coefficient (Wildman–Crippen LogP) is 18.9. The van der Waals surface area contributed by atoms with Crippen molar-refractivity contribution in [3.8, 4) is 22.3 Å². The van der Waals surface area contributed by atoms with E-state index in [1.165, 1.54) is 54.6 Å². The van der Waals surface area contributed by atoms with Gasteiger partial charge in [0.05, 0.1) is 22.7 Å². The number of anilines is 9. The zero-order chi connectivity index (χ0) is 45.2. The third kappa shape index (κ3) is 6.72. The number of benzene rings is 11. The maximum absolute atomic E-state index is 2.54. The van der Waals surface area contributed by atoms with Crippen molar-refractivity contribution in [3.05, 3.63) is 236 Å². The maximum Gasteiger partial charge on any atom is 0.0561 e. The fourth-order valence-electron chi connectivity index (χ4n) is 10.8. The van der Waals surface area contributed by atoms with Gasteiger partial charge in [0.25, 0.3) is 0 Å². The lowest BCUT2D eigenvalue weighted by atomic mass is 9.83. The Hall–Kier alpha value is -8.14. The van der Waals surface area contributed by atoms with E-state index >= 15 is 0 Å². The third-order valence-corrected chi connectivity index (χ3v) is 13.8. The Bertz CT molecular complexity index is 3380. The van der Waals surface area contributed by atoms with Crippen LogP contribution in [0.25, 0.3) is 54.6 Å². The van der Waals surface area contributed by atoms with Gasteiger partial charge in [0.15, 0.2) is 0 Å². The van der Waals surface area contributed by atoms with E-state index in [1.54, 1.807) is 0 Å². The molecular formula is C64H51N3. The van der Waals surface area contributed by atoms with Crippen LogP contribution < -0.4 is 14.7 Å². The van der Waals surface area contributed by atoms with Crippen LogP contribution >= 0.6 is 0 Å². The van der Waals surface area contributed by atoms with Gasteiger partial charge in [-0.2, -0.15) is 0 Å². The summed E-state index contributed by atoms with van der Waals surface area (Å²) < 4.78 is 0. The van der Waals surface area contributed by atoms with Gasteiger partial charge >= 0.3 is 0 Å². The SMILES string of the molecule is CC(C)c1cc(C(C)C)c2ccc3c4cc(c5ccc1c2c53)N(c1ccccc1-c1ccccc1)c1cccc(c1)N(c1ccccc1)c1cccc(c1)N4c1ccccc1-c1ccccc1. The zero-order valence-corrected chi connectivity index (χ0v) is 38.4. The van der Waals surface area contributed by atoms with Gasteiger partial charge in [0.1, 0.15) is 0 Å². The van der Waals surface area contributed by atoms with Gasteiger partial charge in [-0.25, -0.2) is 0 Å². The Morgan fingerprint density at radius 3 is 1.07 bits per heavy atom. The molecule has 0 aromatic heterocycles. The molecule has 1 heterocycles. The molecule has 6 bridgehead atoms. The maximum atomic E-state index is 2.54. The van der Waals surface area contributed by atoms with E-state index in [1.807, 2.05) is 0 Å². The lowest BCUT2D eigenvalue weighted by Crippen LogP contribution is -2.18. The minimum atomic E-state index is 0.348. The molecule has 0 N–H and O–H groups in total. The highest BCUT2D eigenvalue weighted by atomic mass is 15.2. The standard InChI is InChI=1S/C64H51N3/c1-42(2)57-40-58(43(3)4)54-35-37-56-62-41-61(55-36-34-53(57)63(54)64(55)56)66(59-32-16-14-30-51(59)44-20-8-5-9-21-44)49-28-18-26-47(38-49)65(46-24-12-7-13-25-46)48-27-19-29-50(39-48)67(62)60-33-17-15-31-52(60)45-22-10-6-11-23-45/h5-43H,1-4H3. The van der Waals surface area contributed by atoms with Crippen molar-refractivity contribution in [1.82, 2.24) is 0 Å². The summed E-state index contributed by atoms with van der Waals surface area (Å²) in [5, 5.41) is 7.70. The molecule has 0 fully saturated rings. The van der Waals surface area contributed by atoms with Gasteiger partial charge in [-0.05, 0) is 117 Å². The van der Waals surface area contributed by atoms with Crippen molar-refractivity contribution in [3.63, 3.8) is 0 Å². The third-order valence-electron chi connectivity index (χ3n) is 13.8. The first-order valence-electron chi connectivity index (χ1n) is 23.7. The molecule has 1 aliphatic heterocycles. The molecule has 12 rings (SSSR count). The quantitative estimate of drug-likeness (QED) is 0.148. The van der Waals surface area contributed by atoms with Crippen LogP contribution in [0.4, 0.5) is 51.2 Å². The van der Waals surface area contributed by atoms with Crippen LogP contribution in [0.3, 0.4) is 0 Å². The fourth-order valence-corrected chi connectivity index (χ4v) is 10.8. The molecule has 67 heavy (non-hydrogen) atoms. The van der Waals surface area contributed by atoms with Gasteiger partial charge in [-0.15, -0.1) is 0 Å². The molecule has 0 spiro atoms. The largest absolute Gasteiger partial charge is 0.310 e. The fraction of sp³-hybridized carbons (Fsp3) is 0.0938. The summed E-state index contributed by atoms with van der Waals surface area (Å²) in [7, 11) is 0. The smallest absolute Gasteiger partial charge is 0.0561 e. The van der Waals surface area contributed by atoms with Crippen LogP contribution in [0.2, 0.25) is 0 Å². The molecular weight excluding hydrogens is 811 g/mol. The van der Waals surface area contributed by atoms with Crippen LogP contribution in [0.1, 0.15) is 50.7 Å². The second-order valence-corrected chi connectivity index (χ2v) is 18.5. The van der Waals surface area contributed by atoms with Crippen LogP contribution in [0.15, 0.2) is 224 Å². The summed E-state index contributed by atoms with van der Waals surface area (Å²) in [6.45, 7) is 9.37. The van der Waals surface area contributed by atoms with Crippen molar-refractivity contribution in [2.45, 2.75) is 39.5 Å². The van der Waals surface area contributed by atoms with E-state index in [9.17, 15) is 0 Å². The lowest BCUT2D eigenvalue weighted by molar-refractivity contribution is 0.847. The zero-order valence-electron chi connectivity index (χ0n) is 38.4. The Labute approximate surface area is 393 Å². The van der Waals surface area contributed by atoms with Gasteiger partial charge < -0.3 is 14.7 Å². The van der Waals surface area contributed by atoms with E-state index in [4.69, 9.17) is 0 Å². The van der Waals surface area contributed by atoms with Crippen molar-refractivity contribution in [2.75, 3.05) is 14.7 Å². The molecule has 1 aliphatic rings. The summed E-state index contributed by atoms with van der Waals surface area (Å²) in [6, 6.07) is 83.2. The van der Waals surface area contributed by atoms with Gasteiger partial charge in [-0.1, -0.05) is 185 Å². The lowest BCUT2D eigenvalue weighted by Gasteiger charge is -2.36. The summed E-state index contributed by atoms with van der Waals surface area (Å²) in [5.41, 5.74) is 17.3. The molecule has 3 heteroatoms. The second-order valence-electron chi connectivity index (χ2n) is 18.5. The summed E-state index contributed by atoms with van der Waals surface area (Å²) in [4.78, 5) is 7.47. The first-order chi connectivity index (χ1) is 32.9. The van der Waals surface area contributed by atoms with E-state index in [-0.39, 0.29) is 0 Å². The average molecular weight is 862 g/mol. The summed E-state index contributed by atoms with van der Waals surface area (Å²) in [5.74, 6) is 0.695. The Morgan fingerprint density at radius 2 is 0.627 bits per heavy atom. The molecule has 0 aliphatic carbocycles. The van der Waals surface area contributed by atoms with E-state index in [2.05, 4.69) is 267 Å². The Balaban J connectivity index is 1.30. The molecule has 11 aromatic rings. The molecule has 322 valence electrons. The molecule has 11 aromatic carbocycles. The highest BCUT2D eigenvalue weighted by Gasteiger charge is 2.29. The number of para-hydroxylation sites is 3. The summed E-state index contributed by atoms with van der Waals surface area (Å²) in [6.07, 6.45) is 0. The topological polar surface area (TPSA) is 9.72 Å². The van der Waals surface area contributed by atoms with Crippen LogP contribution in [0, 0.1) is 0 Å². The average Bonchev–Trinajstić information content (AvgIpc) is 3.37. The molecule has 0 saturated heterocycles. The van der Waals surface area contributed by atoms with Gasteiger partial charge in [0, 0.05) is 55.7 Å². The first-order valence-corrected chi connectivity index (χ1v) is 23.7. The van der Waals surface area contributed by atoms with E-state index < -0.39 is 0 Å². The van der Waals surface area contributed by atoms with Crippen LogP contribution in [-0.2, 0) is 0 Å². The van der Waals surface area contributed by atoms with Crippen LogP contribution in [0.5, 0.6) is 0 Å². The van der Waals surface area contributed by atoms with Crippen molar-refractivity contribution >= 4 is 83.5 Å². The summed E-state index contributed by atoms with van der Waals surface area (Å²) >= 11 is 0. The Kier molecular flexibility index (Phi) is 9.87. The molecule has 0 radical (unpaired) electrons. The molecule has 0 unspecified atom stereocenters. The number of rotatable bonds is 7.